The van der Waals surface area contributed by atoms with E-state index in [1.165, 1.54) is 0 Å². The third-order valence-corrected chi connectivity index (χ3v) is 3.61. The SMILES string of the molecule is CCn1cc(CC(O)CSC(C)(C)C)cn1. The normalized spacial score (nSPS) is 14.1. The summed E-state index contributed by atoms with van der Waals surface area (Å²) in [5.74, 6) is 0.779. The molecule has 1 N–H and O–H groups in total. The molecule has 1 heterocycles. The van der Waals surface area contributed by atoms with Gasteiger partial charge in [-0.2, -0.15) is 16.9 Å². The number of hydrogen-bond donors (Lipinski definition) is 1. The highest BCUT2D eigenvalue weighted by Gasteiger charge is 2.14. The largest absolute Gasteiger partial charge is 0.392 e. The number of nitrogens with zero attached hydrogens (tertiary/aromatic N) is 2. The highest BCUT2D eigenvalue weighted by molar-refractivity contribution is 8.00. The van der Waals surface area contributed by atoms with Crippen molar-refractivity contribution in [2.45, 2.75) is 51.5 Å². The third kappa shape index (κ3) is 5.03. The first-order valence-electron chi connectivity index (χ1n) is 5.74. The van der Waals surface area contributed by atoms with Crippen molar-refractivity contribution in [1.82, 2.24) is 9.78 Å². The molecule has 0 spiro atoms. The Hall–Kier alpha value is -0.480. The molecule has 1 atom stereocenters. The molecule has 0 aromatic carbocycles. The summed E-state index contributed by atoms with van der Waals surface area (Å²) in [5, 5.41) is 14.1. The summed E-state index contributed by atoms with van der Waals surface area (Å²) in [6.45, 7) is 9.44. The molecule has 0 aliphatic carbocycles. The average molecular weight is 242 g/mol. The number of hydrogen-bond acceptors (Lipinski definition) is 3. The van der Waals surface area contributed by atoms with Crippen molar-refractivity contribution in [3.05, 3.63) is 18.0 Å². The highest BCUT2D eigenvalue weighted by atomic mass is 32.2. The van der Waals surface area contributed by atoms with E-state index < -0.39 is 0 Å². The Morgan fingerprint density at radius 1 is 1.50 bits per heavy atom. The molecule has 1 aromatic heterocycles. The van der Waals surface area contributed by atoms with Crippen molar-refractivity contribution in [2.24, 2.45) is 0 Å². The van der Waals surface area contributed by atoms with E-state index in [1.807, 2.05) is 17.1 Å². The van der Waals surface area contributed by atoms with Gasteiger partial charge in [-0.1, -0.05) is 20.8 Å². The number of aliphatic hydroxyl groups excluding tert-OH is 1. The van der Waals surface area contributed by atoms with E-state index in [-0.39, 0.29) is 10.9 Å². The van der Waals surface area contributed by atoms with Gasteiger partial charge in [0, 0.05) is 29.7 Å². The van der Waals surface area contributed by atoms with E-state index in [1.54, 1.807) is 11.8 Å². The minimum absolute atomic E-state index is 0.217. The summed E-state index contributed by atoms with van der Waals surface area (Å²) in [5.41, 5.74) is 1.11. The van der Waals surface area contributed by atoms with Gasteiger partial charge in [0.2, 0.25) is 0 Å². The fourth-order valence-corrected chi connectivity index (χ4v) is 2.17. The highest BCUT2D eigenvalue weighted by Crippen LogP contribution is 2.24. The van der Waals surface area contributed by atoms with Gasteiger partial charge in [0.15, 0.2) is 0 Å². The van der Waals surface area contributed by atoms with Crippen LogP contribution in [0.15, 0.2) is 12.4 Å². The second-order valence-corrected chi connectivity index (χ2v) is 6.83. The average Bonchev–Trinajstić information content (AvgIpc) is 2.61. The molecule has 3 nitrogen and oxygen atoms in total. The van der Waals surface area contributed by atoms with E-state index >= 15 is 0 Å². The Bertz CT molecular complexity index is 317. The molecule has 1 aromatic rings. The Morgan fingerprint density at radius 3 is 2.69 bits per heavy atom. The van der Waals surface area contributed by atoms with Crippen LogP contribution in [0.3, 0.4) is 0 Å². The summed E-state index contributed by atoms with van der Waals surface area (Å²) in [4.78, 5) is 0. The van der Waals surface area contributed by atoms with Crippen molar-refractivity contribution >= 4 is 11.8 Å². The molecule has 0 aliphatic heterocycles. The second kappa shape index (κ2) is 5.73. The van der Waals surface area contributed by atoms with Crippen molar-refractivity contribution in [1.29, 1.82) is 0 Å². The Labute approximate surface area is 102 Å². The number of rotatable bonds is 5. The monoisotopic (exact) mass is 242 g/mol. The molecule has 0 saturated carbocycles. The molecule has 4 heteroatoms. The molecule has 0 aliphatic rings. The molecule has 1 rings (SSSR count). The van der Waals surface area contributed by atoms with Crippen LogP contribution in [0.5, 0.6) is 0 Å². The minimum atomic E-state index is -0.279. The second-order valence-electron chi connectivity index (χ2n) is 4.99. The van der Waals surface area contributed by atoms with Crippen molar-refractivity contribution in [3.63, 3.8) is 0 Å². The van der Waals surface area contributed by atoms with Gasteiger partial charge in [-0.05, 0) is 12.5 Å². The zero-order valence-electron chi connectivity index (χ0n) is 10.6. The number of aryl methyl sites for hydroxylation is 1. The van der Waals surface area contributed by atoms with Gasteiger partial charge in [-0.25, -0.2) is 0 Å². The van der Waals surface area contributed by atoms with E-state index in [0.717, 1.165) is 17.9 Å². The maximum absolute atomic E-state index is 9.89. The molecule has 0 bridgehead atoms. The minimum Gasteiger partial charge on any atom is -0.392 e. The van der Waals surface area contributed by atoms with Crippen molar-refractivity contribution < 1.29 is 5.11 Å². The van der Waals surface area contributed by atoms with E-state index in [2.05, 4.69) is 32.8 Å². The topological polar surface area (TPSA) is 38.0 Å². The van der Waals surface area contributed by atoms with Crippen molar-refractivity contribution in [3.8, 4) is 0 Å². The van der Waals surface area contributed by atoms with Gasteiger partial charge < -0.3 is 5.11 Å². The predicted molar refractivity (Wildman–Crippen MR) is 69.8 cm³/mol. The molecule has 0 fully saturated rings. The predicted octanol–water partition coefficient (Wildman–Crippen LogP) is 2.34. The van der Waals surface area contributed by atoms with Gasteiger partial charge >= 0.3 is 0 Å². The first kappa shape index (κ1) is 13.6. The molecule has 0 radical (unpaired) electrons. The third-order valence-electron chi connectivity index (χ3n) is 2.19. The van der Waals surface area contributed by atoms with E-state index in [4.69, 9.17) is 0 Å². The first-order valence-corrected chi connectivity index (χ1v) is 6.72. The van der Waals surface area contributed by atoms with Crippen LogP contribution >= 0.6 is 11.8 Å². The Morgan fingerprint density at radius 2 is 2.19 bits per heavy atom. The maximum atomic E-state index is 9.89. The maximum Gasteiger partial charge on any atom is 0.0672 e. The van der Waals surface area contributed by atoms with Crippen LogP contribution in [0.25, 0.3) is 0 Å². The number of thioether (sulfide) groups is 1. The standard InChI is InChI=1S/C12H22N2OS/c1-5-14-8-10(7-13-14)6-11(15)9-16-12(2,3)4/h7-8,11,15H,5-6,9H2,1-4H3. The van der Waals surface area contributed by atoms with Gasteiger partial charge in [0.05, 0.1) is 12.3 Å². The zero-order chi connectivity index (χ0) is 12.2. The fraction of sp³-hybridized carbons (Fsp3) is 0.750. The lowest BCUT2D eigenvalue weighted by atomic mass is 10.2. The lowest BCUT2D eigenvalue weighted by Gasteiger charge is -2.19. The molecule has 0 amide bonds. The lowest BCUT2D eigenvalue weighted by molar-refractivity contribution is 0.200. The van der Waals surface area contributed by atoms with E-state index in [0.29, 0.717) is 6.42 Å². The fourth-order valence-electron chi connectivity index (χ4n) is 1.36. The van der Waals surface area contributed by atoms with Crippen molar-refractivity contribution in [2.75, 3.05) is 5.75 Å². The van der Waals surface area contributed by atoms with Crippen LogP contribution in [0.2, 0.25) is 0 Å². The Balaban J connectivity index is 2.36. The summed E-state index contributed by atoms with van der Waals surface area (Å²) in [7, 11) is 0. The zero-order valence-corrected chi connectivity index (χ0v) is 11.4. The van der Waals surface area contributed by atoms with Gasteiger partial charge in [0.25, 0.3) is 0 Å². The molecular weight excluding hydrogens is 220 g/mol. The van der Waals surface area contributed by atoms with Crippen LogP contribution in [-0.2, 0) is 13.0 Å². The van der Waals surface area contributed by atoms with Crippen LogP contribution in [0, 0.1) is 0 Å². The quantitative estimate of drug-likeness (QED) is 0.861. The molecule has 0 saturated heterocycles. The summed E-state index contributed by atoms with van der Waals surface area (Å²) >= 11 is 1.80. The van der Waals surface area contributed by atoms with Crippen LogP contribution < -0.4 is 0 Å². The smallest absolute Gasteiger partial charge is 0.0672 e. The summed E-state index contributed by atoms with van der Waals surface area (Å²) in [6, 6.07) is 0. The molecule has 16 heavy (non-hydrogen) atoms. The van der Waals surface area contributed by atoms with Crippen LogP contribution in [-0.4, -0.2) is 31.5 Å². The van der Waals surface area contributed by atoms with Crippen LogP contribution in [0.4, 0.5) is 0 Å². The van der Waals surface area contributed by atoms with Gasteiger partial charge in [0.1, 0.15) is 0 Å². The van der Waals surface area contributed by atoms with E-state index in [9.17, 15) is 5.11 Å². The Kier molecular flexibility index (Phi) is 4.87. The summed E-state index contributed by atoms with van der Waals surface area (Å²) < 4.78 is 2.10. The molecule has 1 unspecified atom stereocenters. The van der Waals surface area contributed by atoms with Gasteiger partial charge in [-0.15, -0.1) is 0 Å². The number of aromatic nitrogens is 2. The van der Waals surface area contributed by atoms with Gasteiger partial charge in [-0.3, -0.25) is 4.68 Å². The molecular formula is C12H22N2OS. The lowest BCUT2D eigenvalue weighted by Crippen LogP contribution is -2.18. The summed E-state index contributed by atoms with van der Waals surface area (Å²) in [6.07, 6.45) is 4.27. The number of aliphatic hydroxyl groups is 1. The molecule has 92 valence electrons. The van der Waals surface area contributed by atoms with Crippen LogP contribution in [0.1, 0.15) is 33.3 Å². The first-order chi connectivity index (χ1) is 7.40.